The van der Waals surface area contributed by atoms with Gasteiger partial charge in [0.1, 0.15) is 5.75 Å². The predicted octanol–water partition coefficient (Wildman–Crippen LogP) is 4.60. The lowest BCUT2D eigenvalue weighted by atomic mass is 9.81. The predicted molar refractivity (Wildman–Crippen MR) is 110 cm³/mol. The summed E-state index contributed by atoms with van der Waals surface area (Å²) >= 11 is 7.18. The number of nitrogens with zero attached hydrogens (tertiary/aromatic N) is 1. The third-order valence-corrected chi connectivity index (χ3v) is 7.96. The van der Waals surface area contributed by atoms with E-state index >= 15 is 0 Å². The second kappa shape index (κ2) is 8.86. The SMILES string of the molecule is CCCCCC(=O)Oc1ccc(N2C(=O)[C@H]3C[C@@H](Br)[C@@H](Br)C[C@@H]3C2=O)cc1. The summed E-state index contributed by atoms with van der Waals surface area (Å²) in [6.07, 6.45) is 4.55. The molecule has 2 fully saturated rings. The number of benzene rings is 1. The molecule has 27 heavy (non-hydrogen) atoms. The Kier molecular flexibility index (Phi) is 6.74. The third kappa shape index (κ3) is 4.45. The summed E-state index contributed by atoms with van der Waals surface area (Å²) in [4.78, 5) is 39.1. The van der Waals surface area contributed by atoms with Gasteiger partial charge in [0, 0.05) is 16.1 Å². The molecule has 1 saturated carbocycles. The van der Waals surface area contributed by atoms with E-state index in [4.69, 9.17) is 4.74 Å². The average molecular weight is 501 g/mol. The first kappa shape index (κ1) is 20.5. The Morgan fingerprint density at radius 3 is 2.11 bits per heavy atom. The largest absolute Gasteiger partial charge is 0.427 e. The molecule has 1 aliphatic carbocycles. The molecule has 2 amide bonds. The molecular weight excluding hydrogens is 478 g/mol. The lowest BCUT2D eigenvalue weighted by Gasteiger charge is -2.29. The summed E-state index contributed by atoms with van der Waals surface area (Å²) in [7, 11) is 0. The van der Waals surface area contributed by atoms with E-state index in [-0.39, 0.29) is 39.3 Å². The number of imide groups is 1. The number of amides is 2. The minimum atomic E-state index is -0.272. The maximum absolute atomic E-state index is 12.8. The van der Waals surface area contributed by atoms with Gasteiger partial charge in [-0.15, -0.1) is 0 Å². The summed E-state index contributed by atoms with van der Waals surface area (Å²) in [5.41, 5.74) is 0.530. The third-order valence-electron chi connectivity index (χ3n) is 5.22. The van der Waals surface area contributed by atoms with Gasteiger partial charge in [-0.2, -0.15) is 0 Å². The number of esters is 1. The number of halogens is 2. The van der Waals surface area contributed by atoms with Crippen LogP contribution >= 0.6 is 31.9 Å². The maximum atomic E-state index is 12.8. The van der Waals surface area contributed by atoms with Gasteiger partial charge in [0.2, 0.25) is 11.8 Å². The Morgan fingerprint density at radius 1 is 1.04 bits per heavy atom. The highest BCUT2D eigenvalue weighted by Crippen LogP contribution is 2.44. The Hall–Kier alpha value is -1.21. The summed E-state index contributed by atoms with van der Waals surface area (Å²) in [5.74, 6) is -0.658. The zero-order chi connectivity index (χ0) is 19.6. The number of hydrogen-bond donors (Lipinski definition) is 0. The summed E-state index contributed by atoms with van der Waals surface area (Å²) in [6.45, 7) is 2.08. The highest BCUT2D eigenvalue weighted by molar-refractivity contribution is 9.12. The number of fused-ring (bicyclic) bond motifs is 1. The van der Waals surface area contributed by atoms with E-state index in [0.29, 0.717) is 30.7 Å². The van der Waals surface area contributed by atoms with Crippen molar-refractivity contribution in [3.63, 3.8) is 0 Å². The van der Waals surface area contributed by atoms with Crippen molar-refractivity contribution in [1.82, 2.24) is 0 Å². The van der Waals surface area contributed by atoms with E-state index in [1.807, 2.05) is 0 Å². The van der Waals surface area contributed by atoms with Crippen molar-refractivity contribution in [3.8, 4) is 5.75 Å². The van der Waals surface area contributed by atoms with Crippen LogP contribution in [-0.4, -0.2) is 27.4 Å². The van der Waals surface area contributed by atoms with E-state index in [1.54, 1.807) is 24.3 Å². The summed E-state index contributed by atoms with van der Waals surface area (Å²) in [5, 5.41) is 0. The monoisotopic (exact) mass is 499 g/mol. The number of carbonyl (C=O) groups is 3. The Bertz CT molecular complexity index is 693. The maximum Gasteiger partial charge on any atom is 0.311 e. The molecule has 0 aromatic heterocycles. The zero-order valence-corrected chi connectivity index (χ0v) is 18.4. The molecule has 1 saturated heterocycles. The zero-order valence-electron chi connectivity index (χ0n) is 15.2. The van der Waals surface area contributed by atoms with Crippen LogP contribution in [0.1, 0.15) is 45.4 Å². The standard InChI is InChI=1S/C20H23Br2NO4/c1-2-3-4-5-18(24)27-13-8-6-12(7-9-13)23-19(25)14-10-16(21)17(22)11-15(14)20(23)26/h6-9,14-17H,2-5,10-11H2,1H3/t14-,15-,16-,17+/m0/s1. The first-order chi connectivity index (χ1) is 12.9. The number of ether oxygens (including phenoxy) is 1. The van der Waals surface area contributed by atoms with Gasteiger partial charge in [0.05, 0.1) is 17.5 Å². The smallest absolute Gasteiger partial charge is 0.311 e. The second-order valence-corrected chi connectivity index (χ2v) is 9.51. The highest BCUT2D eigenvalue weighted by atomic mass is 79.9. The van der Waals surface area contributed by atoms with Gasteiger partial charge < -0.3 is 4.74 Å². The van der Waals surface area contributed by atoms with Crippen LogP contribution in [0.3, 0.4) is 0 Å². The van der Waals surface area contributed by atoms with Gasteiger partial charge in [-0.1, -0.05) is 51.6 Å². The fourth-order valence-corrected chi connectivity index (χ4v) is 4.95. The molecule has 1 aromatic rings. The number of carbonyl (C=O) groups excluding carboxylic acids is 3. The van der Waals surface area contributed by atoms with Gasteiger partial charge in [0.25, 0.3) is 0 Å². The van der Waals surface area contributed by atoms with Gasteiger partial charge in [-0.3, -0.25) is 19.3 Å². The number of hydrogen-bond acceptors (Lipinski definition) is 4. The molecule has 0 bridgehead atoms. The van der Waals surface area contributed by atoms with Crippen molar-refractivity contribution in [1.29, 1.82) is 0 Å². The van der Waals surface area contributed by atoms with E-state index in [9.17, 15) is 14.4 Å². The lowest BCUT2D eigenvalue weighted by Crippen LogP contribution is -2.34. The minimum absolute atomic E-state index is 0.141. The van der Waals surface area contributed by atoms with Crippen LogP contribution in [0.2, 0.25) is 0 Å². The van der Waals surface area contributed by atoms with Crippen molar-refractivity contribution in [2.45, 2.75) is 55.1 Å². The molecule has 5 nitrogen and oxygen atoms in total. The van der Waals surface area contributed by atoms with Crippen LogP contribution < -0.4 is 9.64 Å². The van der Waals surface area contributed by atoms with Crippen LogP contribution in [-0.2, 0) is 14.4 Å². The number of anilines is 1. The number of alkyl halides is 2. The lowest BCUT2D eigenvalue weighted by molar-refractivity contribution is -0.134. The van der Waals surface area contributed by atoms with Crippen molar-refractivity contribution >= 4 is 55.3 Å². The quantitative estimate of drug-likeness (QED) is 0.188. The molecular formula is C20H23Br2NO4. The topological polar surface area (TPSA) is 63.7 Å². The molecule has 0 unspecified atom stereocenters. The van der Waals surface area contributed by atoms with E-state index < -0.39 is 0 Å². The highest BCUT2D eigenvalue weighted by Gasteiger charge is 2.52. The molecule has 7 heteroatoms. The van der Waals surface area contributed by atoms with E-state index in [0.717, 1.165) is 19.3 Å². The number of unbranched alkanes of at least 4 members (excludes halogenated alkanes) is 2. The van der Waals surface area contributed by atoms with Gasteiger partial charge in [-0.05, 0) is 43.5 Å². The van der Waals surface area contributed by atoms with E-state index in [1.165, 1.54) is 4.90 Å². The van der Waals surface area contributed by atoms with Crippen molar-refractivity contribution in [2.24, 2.45) is 11.8 Å². The Balaban J connectivity index is 1.67. The van der Waals surface area contributed by atoms with Gasteiger partial charge in [-0.25, -0.2) is 0 Å². The first-order valence-corrected chi connectivity index (χ1v) is 11.2. The van der Waals surface area contributed by atoms with Crippen molar-refractivity contribution < 1.29 is 19.1 Å². The molecule has 0 spiro atoms. The molecule has 1 aliphatic heterocycles. The molecule has 1 heterocycles. The summed E-state index contributed by atoms with van der Waals surface area (Å²) in [6, 6.07) is 6.60. The van der Waals surface area contributed by atoms with E-state index in [2.05, 4.69) is 38.8 Å². The summed E-state index contributed by atoms with van der Waals surface area (Å²) < 4.78 is 5.32. The van der Waals surface area contributed by atoms with Gasteiger partial charge in [0.15, 0.2) is 0 Å². The first-order valence-electron chi connectivity index (χ1n) is 9.39. The van der Waals surface area contributed by atoms with Crippen molar-refractivity contribution in [3.05, 3.63) is 24.3 Å². The molecule has 146 valence electrons. The molecule has 0 N–H and O–H groups in total. The van der Waals surface area contributed by atoms with Gasteiger partial charge >= 0.3 is 5.97 Å². The molecule has 0 radical (unpaired) electrons. The molecule has 4 atom stereocenters. The Labute approximate surface area is 176 Å². The fraction of sp³-hybridized carbons (Fsp3) is 0.550. The fourth-order valence-electron chi connectivity index (χ4n) is 3.71. The molecule has 2 aliphatic rings. The number of rotatable bonds is 6. The minimum Gasteiger partial charge on any atom is -0.427 e. The molecule has 3 rings (SSSR count). The van der Waals surface area contributed by atoms with Crippen LogP contribution in [0.5, 0.6) is 5.75 Å². The van der Waals surface area contributed by atoms with Crippen LogP contribution in [0, 0.1) is 11.8 Å². The van der Waals surface area contributed by atoms with Crippen LogP contribution in [0.15, 0.2) is 24.3 Å². The van der Waals surface area contributed by atoms with Crippen LogP contribution in [0.25, 0.3) is 0 Å². The second-order valence-electron chi connectivity index (χ2n) is 7.15. The average Bonchev–Trinajstić information content (AvgIpc) is 2.87. The van der Waals surface area contributed by atoms with Crippen LogP contribution in [0.4, 0.5) is 5.69 Å². The molecule has 1 aromatic carbocycles. The Morgan fingerprint density at radius 2 is 1.59 bits per heavy atom. The van der Waals surface area contributed by atoms with Crippen molar-refractivity contribution in [2.75, 3.05) is 4.90 Å². The normalized spacial score (nSPS) is 27.6.